The lowest BCUT2D eigenvalue weighted by Gasteiger charge is -2.37. The van der Waals surface area contributed by atoms with Gasteiger partial charge in [0.05, 0.1) is 11.1 Å². The minimum atomic E-state index is -1.07. The molecule has 0 saturated heterocycles. The molecule has 17 heavy (non-hydrogen) atoms. The Bertz CT molecular complexity index is 469. The third kappa shape index (κ3) is 3.17. The number of H-pyrrole nitrogens is 1. The van der Waals surface area contributed by atoms with Crippen molar-refractivity contribution in [3.8, 4) is 0 Å². The molecule has 94 valence electrons. The molecule has 0 aliphatic heterocycles. The van der Waals surface area contributed by atoms with Crippen LogP contribution in [0.4, 0.5) is 0 Å². The molecule has 5 nitrogen and oxygen atoms in total. The molecule has 0 atom stereocenters. The predicted molar refractivity (Wildman–Crippen MR) is 64.9 cm³/mol. The second-order valence-electron chi connectivity index (χ2n) is 5.08. The molecule has 0 aromatic carbocycles. The number of hydrogen-bond acceptors (Lipinski definition) is 3. The molecule has 5 heteroatoms. The van der Waals surface area contributed by atoms with Gasteiger partial charge in [-0.05, 0) is 33.8 Å². The van der Waals surface area contributed by atoms with Crippen molar-refractivity contribution in [1.82, 2.24) is 10.3 Å². The minimum Gasteiger partial charge on any atom is -0.388 e. The van der Waals surface area contributed by atoms with Crippen LogP contribution < -0.4 is 10.9 Å². The molecule has 0 radical (unpaired) electrons. The van der Waals surface area contributed by atoms with E-state index in [0.717, 1.165) is 0 Å². The maximum Gasteiger partial charge on any atom is 0.252 e. The first kappa shape index (κ1) is 13.4. The van der Waals surface area contributed by atoms with Gasteiger partial charge in [-0.2, -0.15) is 0 Å². The standard InChI is InChI=1S/C12H18N2O3/c1-11(2,12(3,4)17)14-10(16)8-5-6-13-9(15)7-8/h5-7,17H,1-4H3,(H,13,15)(H,14,16). The Balaban J connectivity index is 2.91. The molecule has 3 N–H and O–H groups in total. The molecule has 0 bridgehead atoms. The highest BCUT2D eigenvalue weighted by molar-refractivity contribution is 5.94. The summed E-state index contributed by atoms with van der Waals surface area (Å²) in [5, 5.41) is 12.6. The lowest BCUT2D eigenvalue weighted by Crippen LogP contribution is -2.57. The number of amides is 1. The SMILES string of the molecule is CC(C)(O)C(C)(C)NC(=O)c1cc[nH]c(=O)c1. The fourth-order valence-electron chi connectivity index (χ4n) is 1.09. The molecule has 0 aliphatic carbocycles. The Hall–Kier alpha value is -1.62. The molecule has 0 aliphatic rings. The first-order chi connectivity index (χ1) is 7.63. The second-order valence-corrected chi connectivity index (χ2v) is 5.08. The van der Waals surface area contributed by atoms with Crippen molar-refractivity contribution in [1.29, 1.82) is 0 Å². The minimum absolute atomic E-state index is 0.270. The Labute approximate surface area is 99.9 Å². The van der Waals surface area contributed by atoms with Gasteiger partial charge in [-0.15, -0.1) is 0 Å². The summed E-state index contributed by atoms with van der Waals surface area (Å²) >= 11 is 0. The van der Waals surface area contributed by atoms with Gasteiger partial charge in [0, 0.05) is 17.8 Å². The van der Waals surface area contributed by atoms with Crippen molar-refractivity contribution in [2.24, 2.45) is 0 Å². The van der Waals surface area contributed by atoms with E-state index < -0.39 is 11.1 Å². The zero-order valence-electron chi connectivity index (χ0n) is 10.5. The molecule has 1 aromatic heterocycles. The molecule has 0 saturated carbocycles. The fourth-order valence-corrected chi connectivity index (χ4v) is 1.09. The summed E-state index contributed by atoms with van der Waals surface area (Å²) in [6.07, 6.45) is 1.41. The number of carbonyl (C=O) groups excluding carboxylic acids is 1. The van der Waals surface area contributed by atoms with E-state index in [4.69, 9.17) is 0 Å². The molecular weight excluding hydrogens is 220 g/mol. The molecule has 1 amide bonds. The molecule has 0 spiro atoms. The highest BCUT2D eigenvalue weighted by Crippen LogP contribution is 2.20. The molecule has 0 fully saturated rings. The van der Waals surface area contributed by atoms with Crippen molar-refractivity contribution in [2.75, 3.05) is 0 Å². The monoisotopic (exact) mass is 238 g/mol. The normalized spacial score (nSPS) is 12.3. The van der Waals surface area contributed by atoms with E-state index in [9.17, 15) is 14.7 Å². The number of pyridine rings is 1. The zero-order chi connectivity index (χ0) is 13.3. The van der Waals surface area contributed by atoms with E-state index in [-0.39, 0.29) is 17.0 Å². The van der Waals surface area contributed by atoms with E-state index in [1.807, 2.05) is 0 Å². The van der Waals surface area contributed by atoms with Crippen LogP contribution in [0.15, 0.2) is 23.1 Å². The maximum atomic E-state index is 11.9. The lowest BCUT2D eigenvalue weighted by molar-refractivity contribution is -0.00293. The van der Waals surface area contributed by atoms with Gasteiger partial charge in [0.15, 0.2) is 0 Å². The van der Waals surface area contributed by atoms with Crippen molar-refractivity contribution < 1.29 is 9.90 Å². The zero-order valence-corrected chi connectivity index (χ0v) is 10.5. The lowest BCUT2D eigenvalue weighted by atomic mass is 9.86. The van der Waals surface area contributed by atoms with Crippen molar-refractivity contribution in [3.05, 3.63) is 34.2 Å². The van der Waals surface area contributed by atoms with Crippen LogP contribution in [0.5, 0.6) is 0 Å². The number of aliphatic hydroxyl groups is 1. The van der Waals surface area contributed by atoms with Crippen molar-refractivity contribution in [3.63, 3.8) is 0 Å². The second kappa shape index (κ2) is 4.33. The molecule has 1 rings (SSSR count). The quantitative estimate of drug-likeness (QED) is 0.723. The van der Waals surface area contributed by atoms with E-state index in [0.29, 0.717) is 0 Å². The number of hydrogen-bond donors (Lipinski definition) is 3. The largest absolute Gasteiger partial charge is 0.388 e. The predicted octanol–water partition coefficient (Wildman–Crippen LogP) is 0.654. The van der Waals surface area contributed by atoms with Crippen LogP contribution in [0.3, 0.4) is 0 Å². The van der Waals surface area contributed by atoms with Gasteiger partial charge in [-0.1, -0.05) is 0 Å². The Kier molecular flexibility index (Phi) is 3.43. The number of aromatic nitrogens is 1. The van der Waals surface area contributed by atoms with Gasteiger partial charge >= 0.3 is 0 Å². The van der Waals surface area contributed by atoms with E-state index >= 15 is 0 Å². The average molecular weight is 238 g/mol. The van der Waals surface area contributed by atoms with Crippen LogP contribution in [-0.2, 0) is 0 Å². The van der Waals surface area contributed by atoms with Gasteiger partial charge in [0.25, 0.3) is 5.91 Å². The smallest absolute Gasteiger partial charge is 0.252 e. The maximum absolute atomic E-state index is 11.9. The number of carbonyl (C=O) groups is 1. The van der Waals surface area contributed by atoms with Gasteiger partial charge in [0.1, 0.15) is 0 Å². The Morgan fingerprint density at radius 1 is 1.35 bits per heavy atom. The van der Waals surface area contributed by atoms with Crippen LogP contribution >= 0.6 is 0 Å². The number of aromatic amines is 1. The van der Waals surface area contributed by atoms with Gasteiger partial charge in [0.2, 0.25) is 5.56 Å². The van der Waals surface area contributed by atoms with Gasteiger partial charge < -0.3 is 15.4 Å². The third-order valence-corrected chi connectivity index (χ3v) is 2.99. The first-order valence-corrected chi connectivity index (χ1v) is 5.37. The molecule has 1 heterocycles. The van der Waals surface area contributed by atoms with Crippen LogP contribution in [0.1, 0.15) is 38.1 Å². The highest BCUT2D eigenvalue weighted by atomic mass is 16.3. The topological polar surface area (TPSA) is 82.2 Å². The van der Waals surface area contributed by atoms with Gasteiger partial charge in [-0.25, -0.2) is 0 Å². The Morgan fingerprint density at radius 2 is 1.94 bits per heavy atom. The van der Waals surface area contributed by atoms with Crippen LogP contribution in [0, 0.1) is 0 Å². The van der Waals surface area contributed by atoms with E-state index in [1.54, 1.807) is 27.7 Å². The van der Waals surface area contributed by atoms with E-state index in [1.165, 1.54) is 18.3 Å². The Morgan fingerprint density at radius 3 is 2.41 bits per heavy atom. The summed E-state index contributed by atoms with van der Waals surface area (Å²) in [4.78, 5) is 25.4. The number of nitrogens with one attached hydrogen (secondary N) is 2. The first-order valence-electron chi connectivity index (χ1n) is 5.37. The van der Waals surface area contributed by atoms with Crippen LogP contribution in [-0.4, -0.2) is 27.1 Å². The van der Waals surface area contributed by atoms with Gasteiger partial charge in [-0.3, -0.25) is 9.59 Å². The number of rotatable bonds is 3. The third-order valence-electron chi connectivity index (χ3n) is 2.99. The van der Waals surface area contributed by atoms with Crippen molar-refractivity contribution >= 4 is 5.91 Å². The summed E-state index contributed by atoms with van der Waals surface area (Å²) in [5.74, 6) is -0.386. The summed E-state index contributed by atoms with van der Waals surface area (Å²) in [6, 6.07) is 2.73. The highest BCUT2D eigenvalue weighted by Gasteiger charge is 2.36. The summed E-state index contributed by atoms with van der Waals surface area (Å²) < 4.78 is 0. The van der Waals surface area contributed by atoms with Crippen LogP contribution in [0.25, 0.3) is 0 Å². The van der Waals surface area contributed by atoms with Crippen LogP contribution in [0.2, 0.25) is 0 Å². The molecular formula is C12H18N2O3. The average Bonchev–Trinajstić information content (AvgIpc) is 2.15. The molecule has 0 unspecified atom stereocenters. The summed E-state index contributed by atoms with van der Waals surface area (Å²) in [5.41, 5.74) is -1.93. The van der Waals surface area contributed by atoms with E-state index in [2.05, 4.69) is 10.3 Å². The fraction of sp³-hybridized carbons (Fsp3) is 0.500. The molecule has 1 aromatic rings. The van der Waals surface area contributed by atoms with Crippen molar-refractivity contribution in [2.45, 2.75) is 38.8 Å². The summed E-state index contributed by atoms with van der Waals surface area (Å²) in [6.45, 7) is 6.67. The summed E-state index contributed by atoms with van der Waals surface area (Å²) in [7, 11) is 0.